The van der Waals surface area contributed by atoms with Gasteiger partial charge in [-0.05, 0) is 64.2 Å². The smallest absolute Gasteiger partial charge is 0.306 e. The second kappa shape index (κ2) is 45.1. The topological polar surface area (TPSA) is 78.9 Å². The van der Waals surface area contributed by atoms with Gasteiger partial charge >= 0.3 is 17.9 Å². The van der Waals surface area contributed by atoms with Crippen LogP contribution in [0.3, 0.4) is 0 Å². The van der Waals surface area contributed by atoms with E-state index in [0.29, 0.717) is 19.3 Å². The van der Waals surface area contributed by atoms with Gasteiger partial charge in [-0.3, -0.25) is 14.4 Å². The molecule has 0 aliphatic carbocycles. The largest absolute Gasteiger partial charge is 0.462 e. The minimum absolute atomic E-state index is 0.0846. The van der Waals surface area contributed by atoms with E-state index in [1.807, 2.05) is 0 Å². The zero-order valence-corrected chi connectivity index (χ0v) is 36.9. The Morgan fingerprint density at radius 2 is 0.714 bits per heavy atom. The lowest BCUT2D eigenvalue weighted by Crippen LogP contribution is -2.30. The molecule has 0 aliphatic heterocycles. The number of allylic oxidation sites excluding steroid dienone is 8. The fraction of sp³-hybridized carbons (Fsp3) is 0.780. The number of carbonyl (C=O) groups is 3. The van der Waals surface area contributed by atoms with Crippen LogP contribution in [0.2, 0.25) is 0 Å². The number of rotatable bonds is 42. The van der Waals surface area contributed by atoms with Crippen LogP contribution >= 0.6 is 0 Å². The van der Waals surface area contributed by atoms with Crippen LogP contribution in [-0.2, 0) is 28.6 Å². The first-order valence-corrected chi connectivity index (χ1v) is 23.7. The number of unbranched alkanes of at least 4 members (excludes halogenated alkanes) is 25. The Kier molecular flexibility index (Phi) is 43.0. The highest BCUT2D eigenvalue weighted by Crippen LogP contribution is 2.14. The highest BCUT2D eigenvalue weighted by molar-refractivity contribution is 5.71. The molecule has 0 heterocycles. The molecule has 0 rings (SSSR count). The first-order valence-electron chi connectivity index (χ1n) is 23.7. The van der Waals surface area contributed by atoms with E-state index in [1.165, 1.54) is 96.3 Å². The molecule has 0 aromatic rings. The van der Waals surface area contributed by atoms with Crippen LogP contribution in [0.15, 0.2) is 48.6 Å². The number of esters is 3. The molecule has 1 unspecified atom stereocenters. The molecule has 0 saturated carbocycles. The van der Waals surface area contributed by atoms with Crippen LogP contribution in [0.5, 0.6) is 0 Å². The summed E-state index contributed by atoms with van der Waals surface area (Å²) in [6.45, 7) is 6.46. The maximum Gasteiger partial charge on any atom is 0.306 e. The predicted molar refractivity (Wildman–Crippen MR) is 238 cm³/mol. The Morgan fingerprint density at radius 1 is 0.375 bits per heavy atom. The summed E-state index contributed by atoms with van der Waals surface area (Å²) < 4.78 is 16.7. The van der Waals surface area contributed by atoms with E-state index in [0.717, 1.165) is 96.3 Å². The minimum atomic E-state index is -0.785. The van der Waals surface area contributed by atoms with Crippen LogP contribution in [0.4, 0.5) is 0 Å². The van der Waals surface area contributed by atoms with Crippen molar-refractivity contribution in [1.29, 1.82) is 0 Å². The van der Waals surface area contributed by atoms with Crippen molar-refractivity contribution < 1.29 is 28.6 Å². The van der Waals surface area contributed by atoms with Crippen molar-refractivity contribution in [2.45, 2.75) is 239 Å². The maximum absolute atomic E-state index is 12.7. The van der Waals surface area contributed by atoms with E-state index in [-0.39, 0.29) is 31.1 Å². The van der Waals surface area contributed by atoms with Crippen molar-refractivity contribution in [1.82, 2.24) is 0 Å². The van der Waals surface area contributed by atoms with Gasteiger partial charge in [0.2, 0.25) is 0 Å². The molecule has 6 heteroatoms. The highest BCUT2D eigenvalue weighted by Gasteiger charge is 2.19. The average Bonchev–Trinajstić information content (AvgIpc) is 3.19. The van der Waals surface area contributed by atoms with E-state index in [4.69, 9.17) is 14.2 Å². The monoisotopic (exact) mass is 785 g/mol. The Labute approximate surface area is 346 Å². The Bertz CT molecular complexity index is 996. The normalized spacial score (nSPS) is 12.4. The zero-order chi connectivity index (χ0) is 40.8. The predicted octanol–water partition coefficient (Wildman–Crippen LogP) is 15.1. The summed E-state index contributed by atoms with van der Waals surface area (Å²) in [6.07, 6.45) is 52.3. The van der Waals surface area contributed by atoms with Gasteiger partial charge in [-0.2, -0.15) is 0 Å². The number of hydrogen-bond donors (Lipinski definition) is 0. The van der Waals surface area contributed by atoms with Crippen LogP contribution < -0.4 is 0 Å². The van der Waals surface area contributed by atoms with E-state index in [2.05, 4.69) is 69.4 Å². The lowest BCUT2D eigenvalue weighted by molar-refractivity contribution is -0.167. The van der Waals surface area contributed by atoms with Gasteiger partial charge in [-0.15, -0.1) is 0 Å². The van der Waals surface area contributed by atoms with Gasteiger partial charge in [-0.1, -0.05) is 198 Å². The average molecular weight is 785 g/mol. The summed E-state index contributed by atoms with van der Waals surface area (Å²) in [4.78, 5) is 37.8. The van der Waals surface area contributed by atoms with Crippen molar-refractivity contribution in [3.63, 3.8) is 0 Å². The fourth-order valence-electron chi connectivity index (χ4n) is 6.55. The fourth-order valence-corrected chi connectivity index (χ4v) is 6.55. The molecule has 6 nitrogen and oxygen atoms in total. The zero-order valence-electron chi connectivity index (χ0n) is 36.9. The molecule has 0 spiro atoms. The quantitative estimate of drug-likeness (QED) is 0.0202. The van der Waals surface area contributed by atoms with Crippen molar-refractivity contribution in [3.8, 4) is 0 Å². The van der Waals surface area contributed by atoms with Gasteiger partial charge in [-0.25, -0.2) is 0 Å². The van der Waals surface area contributed by atoms with Crippen molar-refractivity contribution in [2.75, 3.05) is 13.2 Å². The lowest BCUT2D eigenvalue weighted by Gasteiger charge is -2.18. The standard InChI is InChI=1S/C50H88O6/c1-4-7-10-13-16-19-22-24-26-28-31-34-37-40-43-49(52)55-46-47(45-54-48(51)42-39-36-33-30-27-21-18-15-12-9-6-3)56-50(53)44-41-38-35-32-29-25-23-20-17-14-11-8-5-2/h8,11,14,17,20,23,26,28,47H,4-7,9-10,12-13,15-16,18-19,21-22,24-25,27,29-46H2,1-3H3/b11-8-,17-14-,23-20-,28-26-. The molecule has 0 aromatic carbocycles. The second-order valence-electron chi connectivity index (χ2n) is 15.7. The van der Waals surface area contributed by atoms with Crippen LogP contribution in [-0.4, -0.2) is 37.2 Å². The van der Waals surface area contributed by atoms with Gasteiger partial charge in [0, 0.05) is 19.3 Å². The summed E-state index contributed by atoms with van der Waals surface area (Å²) in [5.74, 6) is -0.921. The molecule has 0 amide bonds. The molecule has 324 valence electrons. The Hall–Kier alpha value is -2.63. The van der Waals surface area contributed by atoms with Crippen molar-refractivity contribution >= 4 is 17.9 Å². The molecule has 0 aliphatic rings. The van der Waals surface area contributed by atoms with Crippen molar-refractivity contribution in [3.05, 3.63) is 48.6 Å². The van der Waals surface area contributed by atoms with E-state index in [1.54, 1.807) is 0 Å². The van der Waals surface area contributed by atoms with Gasteiger partial charge in [0.15, 0.2) is 6.10 Å². The van der Waals surface area contributed by atoms with Gasteiger partial charge < -0.3 is 14.2 Å². The lowest BCUT2D eigenvalue weighted by atomic mass is 10.1. The van der Waals surface area contributed by atoms with Gasteiger partial charge in [0.25, 0.3) is 0 Å². The van der Waals surface area contributed by atoms with Crippen LogP contribution in [0.1, 0.15) is 233 Å². The van der Waals surface area contributed by atoms with Crippen LogP contribution in [0, 0.1) is 0 Å². The SMILES string of the molecule is CC\C=C/C=C\C=C/CCCCCCCC(=O)OC(COC(=O)CCCCC/C=C\CCCCCCCCC)COC(=O)CCCCCCCCCCCCC. The van der Waals surface area contributed by atoms with Crippen LogP contribution in [0.25, 0.3) is 0 Å². The van der Waals surface area contributed by atoms with Crippen molar-refractivity contribution in [2.24, 2.45) is 0 Å². The summed E-state index contributed by atoms with van der Waals surface area (Å²) in [6, 6.07) is 0. The third-order valence-corrected chi connectivity index (χ3v) is 10.1. The highest BCUT2D eigenvalue weighted by atomic mass is 16.6. The molecule has 1 atom stereocenters. The number of hydrogen-bond acceptors (Lipinski definition) is 6. The van der Waals surface area contributed by atoms with Gasteiger partial charge in [0.05, 0.1) is 0 Å². The molecule has 0 aromatic heterocycles. The molecule has 0 N–H and O–H groups in total. The summed E-state index contributed by atoms with van der Waals surface area (Å²) in [5, 5.41) is 0. The van der Waals surface area contributed by atoms with E-state index in [9.17, 15) is 14.4 Å². The summed E-state index contributed by atoms with van der Waals surface area (Å²) in [7, 11) is 0. The Balaban J connectivity index is 4.42. The summed E-state index contributed by atoms with van der Waals surface area (Å²) in [5.41, 5.74) is 0. The molecule has 0 saturated heterocycles. The maximum atomic E-state index is 12.7. The summed E-state index contributed by atoms with van der Waals surface area (Å²) >= 11 is 0. The Morgan fingerprint density at radius 3 is 1.14 bits per heavy atom. The molecule has 0 radical (unpaired) electrons. The third-order valence-electron chi connectivity index (χ3n) is 10.1. The van der Waals surface area contributed by atoms with E-state index < -0.39 is 6.10 Å². The third kappa shape index (κ3) is 42.5. The first kappa shape index (κ1) is 53.4. The minimum Gasteiger partial charge on any atom is -0.462 e. The van der Waals surface area contributed by atoms with Gasteiger partial charge in [0.1, 0.15) is 13.2 Å². The first-order chi connectivity index (χ1) is 27.5. The number of carbonyl (C=O) groups excluding carboxylic acids is 3. The molecule has 0 fully saturated rings. The second-order valence-corrected chi connectivity index (χ2v) is 15.7. The molecular formula is C50H88O6. The molecule has 0 bridgehead atoms. The number of ether oxygens (including phenoxy) is 3. The molecule has 56 heavy (non-hydrogen) atoms. The molecular weight excluding hydrogens is 697 g/mol. The van der Waals surface area contributed by atoms with E-state index >= 15 is 0 Å².